The molecule has 25 heavy (non-hydrogen) atoms. The van der Waals surface area contributed by atoms with Crippen LogP contribution in [0.5, 0.6) is 0 Å². The van der Waals surface area contributed by atoms with Crippen molar-refractivity contribution >= 4 is 5.91 Å². The van der Waals surface area contributed by atoms with Crippen LogP contribution in [0.15, 0.2) is 18.2 Å². The number of aromatic nitrogens is 2. The molecule has 2 N–H and O–H groups in total. The van der Waals surface area contributed by atoms with Crippen molar-refractivity contribution in [1.82, 2.24) is 15.1 Å². The number of aryl methyl sites for hydroxylation is 1. The maximum absolute atomic E-state index is 13.6. The Morgan fingerprint density at radius 1 is 1.24 bits per heavy atom. The van der Waals surface area contributed by atoms with Crippen LogP contribution in [0.1, 0.15) is 52.6 Å². The van der Waals surface area contributed by atoms with Crippen LogP contribution in [0, 0.1) is 11.6 Å². The molecule has 1 aromatic carbocycles. The number of H-pyrrole nitrogens is 1. The predicted octanol–water partition coefficient (Wildman–Crippen LogP) is 2.51. The normalized spacial score (nSPS) is 22.9. The average Bonchev–Trinajstić information content (AvgIpc) is 3.20. The number of nitrogens with one attached hydrogen (secondary N) is 1. The summed E-state index contributed by atoms with van der Waals surface area (Å²) in [6, 6.07) is 3.11. The van der Waals surface area contributed by atoms with Gasteiger partial charge in [-0.2, -0.15) is 5.10 Å². The van der Waals surface area contributed by atoms with Gasteiger partial charge < -0.3 is 10.0 Å². The highest BCUT2D eigenvalue weighted by molar-refractivity contribution is 5.94. The largest absolute Gasteiger partial charge is 0.391 e. The van der Waals surface area contributed by atoms with Crippen LogP contribution in [-0.2, 0) is 12.8 Å². The zero-order chi connectivity index (χ0) is 17.6. The number of carbonyl (C=O) groups is 1. The quantitative estimate of drug-likeness (QED) is 0.877. The number of nitrogens with zero attached hydrogens (tertiary/aromatic N) is 2. The molecule has 1 amide bonds. The minimum Gasteiger partial charge on any atom is -0.391 e. The van der Waals surface area contributed by atoms with E-state index in [4.69, 9.17) is 0 Å². The van der Waals surface area contributed by atoms with Crippen LogP contribution in [0.4, 0.5) is 8.78 Å². The van der Waals surface area contributed by atoms with Crippen molar-refractivity contribution < 1.29 is 18.7 Å². The molecule has 0 bridgehead atoms. The third-order valence-electron chi connectivity index (χ3n) is 5.13. The lowest BCUT2D eigenvalue weighted by Crippen LogP contribution is -2.33. The van der Waals surface area contributed by atoms with Crippen molar-refractivity contribution in [3.63, 3.8) is 0 Å². The summed E-state index contributed by atoms with van der Waals surface area (Å²) in [5, 5.41) is 17.2. The lowest BCUT2D eigenvalue weighted by molar-refractivity contribution is 0.0708. The van der Waals surface area contributed by atoms with Gasteiger partial charge in [0, 0.05) is 17.8 Å². The molecule has 0 spiro atoms. The summed E-state index contributed by atoms with van der Waals surface area (Å²) in [5.74, 6) is -2.16. The highest BCUT2D eigenvalue weighted by Crippen LogP contribution is 2.35. The van der Waals surface area contributed by atoms with Crippen LogP contribution in [0.2, 0.25) is 0 Å². The first-order valence-electron chi connectivity index (χ1n) is 8.54. The van der Waals surface area contributed by atoms with Crippen LogP contribution < -0.4 is 0 Å². The summed E-state index contributed by atoms with van der Waals surface area (Å²) in [7, 11) is 0. The maximum atomic E-state index is 13.6. The van der Waals surface area contributed by atoms with Gasteiger partial charge in [0.2, 0.25) is 0 Å². The van der Waals surface area contributed by atoms with Gasteiger partial charge in [-0.15, -0.1) is 0 Å². The molecule has 2 atom stereocenters. The number of aromatic amines is 1. The van der Waals surface area contributed by atoms with Crippen molar-refractivity contribution in [2.75, 3.05) is 6.54 Å². The van der Waals surface area contributed by atoms with E-state index in [-0.39, 0.29) is 12.5 Å². The Bertz CT molecular complexity index is 821. The molecule has 0 unspecified atom stereocenters. The first-order valence-corrected chi connectivity index (χ1v) is 8.54. The van der Waals surface area contributed by atoms with Gasteiger partial charge in [-0.25, -0.2) is 8.78 Å². The number of rotatable bonds is 2. The van der Waals surface area contributed by atoms with E-state index < -0.39 is 23.8 Å². The monoisotopic (exact) mass is 347 g/mol. The summed E-state index contributed by atoms with van der Waals surface area (Å²) in [6.07, 6.45) is 3.37. The van der Waals surface area contributed by atoms with Crippen molar-refractivity contribution in [3.8, 4) is 0 Å². The number of amides is 1. The molecule has 4 rings (SSSR count). The number of carbonyl (C=O) groups excluding carboxylic acids is 1. The molecule has 1 aromatic heterocycles. The lowest BCUT2D eigenvalue weighted by Gasteiger charge is -2.25. The molecule has 1 aliphatic heterocycles. The molecule has 7 heteroatoms. The molecule has 2 aliphatic rings. The van der Waals surface area contributed by atoms with E-state index in [1.54, 1.807) is 0 Å². The van der Waals surface area contributed by atoms with Gasteiger partial charge in [-0.1, -0.05) is 6.07 Å². The average molecular weight is 347 g/mol. The van der Waals surface area contributed by atoms with Crippen molar-refractivity contribution in [3.05, 3.63) is 52.3 Å². The number of hydrogen-bond acceptors (Lipinski definition) is 3. The van der Waals surface area contributed by atoms with Crippen molar-refractivity contribution in [2.24, 2.45) is 0 Å². The van der Waals surface area contributed by atoms with Crippen LogP contribution in [0.3, 0.4) is 0 Å². The molecule has 5 nitrogen and oxygen atoms in total. The summed E-state index contributed by atoms with van der Waals surface area (Å²) >= 11 is 0. The van der Waals surface area contributed by atoms with E-state index >= 15 is 0 Å². The molecule has 0 saturated carbocycles. The fraction of sp³-hybridized carbons (Fsp3) is 0.444. The fourth-order valence-corrected chi connectivity index (χ4v) is 3.87. The second-order valence-corrected chi connectivity index (χ2v) is 6.77. The van der Waals surface area contributed by atoms with E-state index in [1.807, 2.05) is 0 Å². The standard InChI is InChI=1S/C18H19F2N3O2/c19-13-6-5-10(7-14(13)20)16-8-11(24)9-23(16)18(25)17-12-3-1-2-4-15(12)21-22-17/h5-7,11,16,24H,1-4,8-9H2,(H,21,22)/t11-,16-/m1/s1. The SMILES string of the molecule is O=C(c1n[nH]c2c1CCCC2)N1C[C@H](O)C[C@@H]1c1ccc(F)c(F)c1. The number of likely N-dealkylation sites (tertiary alicyclic amines) is 1. The number of fused-ring (bicyclic) bond motifs is 1. The van der Waals surface area contributed by atoms with Gasteiger partial charge >= 0.3 is 0 Å². The van der Waals surface area contributed by atoms with Gasteiger partial charge in [-0.3, -0.25) is 9.89 Å². The van der Waals surface area contributed by atoms with Gasteiger partial charge in [-0.05, 0) is 49.8 Å². The first kappa shape index (κ1) is 16.2. The summed E-state index contributed by atoms with van der Waals surface area (Å²) < 4.78 is 26.8. The molecule has 0 radical (unpaired) electrons. The summed E-state index contributed by atoms with van der Waals surface area (Å²) in [4.78, 5) is 14.5. The van der Waals surface area contributed by atoms with Gasteiger partial charge in [0.15, 0.2) is 17.3 Å². The van der Waals surface area contributed by atoms with E-state index in [0.29, 0.717) is 17.7 Å². The Kier molecular flexibility index (Phi) is 4.03. The second kappa shape index (κ2) is 6.22. The molecule has 1 aliphatic carbocycles. The first-order chi connectivity index (χ1) is 12.0. The zero-order valence-corrected chi connectivity index (χ0v) is 13.6. The number of benzene rings is 1. The van der Waals surface area contributed by atoms with Gasteiger partial charge in [0.25, 0.3) is 5.91 Å². The number of β-amino-alcohol motifs (C(OH)–C–C–N with tert-alkyl or cyclic N) is 1. The molecule has 2 heterocycles. The topological polar surface area (TPSA) is 69.2 Å². The van der Waals surface area contributed by atoms with Crippen LogP contribution >= 0.6 is 0 Å². The molecule has 132 valence electrons. The third kappa shape index (κ3) is 2.82. The number of aliphatic hydroxyl groups is 1. The maximum Gasteiger partial charge on any atom is 0.275 e. The van der Waals surface area contributed by atoms with Crippen LogP contribution in [-0.4, -0.2) is 38.8 Å². The van der Waals surface area contributed by atoms with E-state index in [9.17, 15) is 18.7 Å². The Morgan fingerprint density at radius 2 is 2.04 bits per heavy atom. The van der Waals surface area contributed by atoms with Gasteiger partial charge in [0.05, 0.1) is 12.1 Å². The lowest BCUT2D eigenvalue weighted by atomic mass is 9.95. The Labute approximate surface area is 143 Å². The highest BCUT2D eigenvalue weighted by atomic mass is 19.2. The molecule has 2 aromatic rings. The number of aliphatic hydroxyl groups excluding tert-OH is 1. The molecule has 1 saturated heterocycles. The van der Waals surface area contributed by atoms with Crippen molar-refractivity contribution in [1.29, 1.82) is 0 Å². The number of halogens is 2. The third-order valence-corrected chi connectivity index (χ3v) is 5.13. The van der Waals surface area contributed by atoms with Gasteiger partial charge in [0.1, 0.15) is 0 Å². The Morgan fingerprint density at radius 3 is 2.84 bits per heavy atom. The molecule has 1 fully saturated rings. The smallest absolute Gasteiger partial charge is 0.275 e. The highest BCUT2D eigenvalue weighted by Gasteiger charge is 2.38. The Balaban J connectivity index is 1.66. The van der Waals surface area contributed by atoms with E-state index in [0.717, 1.165) is 49.1 Å². The minimum atomic E-state index is -0.955. The Hall–Kier alpha value is -2.28. The minimum absolute atomic E-state index is 0.157. The number of hydrogen-bond donors (Lipinski definition) is 2. The van der Waals surface area contributed by atoms with E-state index in [1.165, 1.54) is 11.0 Å². The molecular formula is C18H19F2N3O2. The second-order valence-electron chi connectivity index (χ2n) is 6.77. The predicted molar refractivity (Wildman–Crippen MR) is 86.0 cm³/mol. The van der Waals surface area contributed by atoms with Crippen LogP contribution in [0.25, 0.3) is 0 Å². The molecular weight excluding hydrogens is 328 g/mol. The fourth-order valence-electron chi connectivity index (χ4n) is 3.87. The zero-order valence-electron chi connectivity index (χ0n) is 13.6. The van der Waals surface area contributed by atoms with E-state index in [2.05, 4.69) is 10.2 Å². The summed E-state index contributed by atoms with van der Waals surface area (Å²) in [5.41, 5.74) is 2.81. The van der Waals surface area contributed by atoms with Crippen molar-refractivity contribution in [2.45, 2.75) is 44.2 Å². The summed E-state index contributed by atoms with van der Waals surface area (Å²) in [6.45, 7) is 0.157.